The van der Waals surface area contributed by atoms with Crippen LogP contribution in [0.15, 0.2) is 145 Å². The van der Waals surface area contributed by atoms with Gasteiger partial charge in [-0.2, -0.15) is 0 Å². The average Bonchev–Trinajstić information content (AvgIpc) is 3.40. The minimum atomic E-state index is -0.362. The van der Waals surface area contributed by atoms with Crippen molar-refractivity contribution in [3.63, 3.8) is 0 Å². The van der Waals surface area contributed by atoms with Crippen LogP contribution in [0.5, 0.6) is 11.5 Å². The third-order valence-electron chi connectivity index (χ3n) is 7.04. The Balaban J connectivity index is 1.32. The van der Waals surface area contributed by atoms with Crippen molar-refractivity contribution in [1.82, 2.24) is 4.90 Å². The molecular weight excluding hydrogens is 522 g/mol. The first-order valence-electron chi connectivity index (χ1n) is 14.0. The molecule has 5 aromatic carbocycles. The Morgan fingerprint density at radius 3 is 1.57 bits per heavy atom. The highest BCUT2D eigenvalue weighted by atomic mass is 16.6. The predicted octanol–water partition coefficient (Wildman–Crippen LogP) is 8.26. The molecule has 0 radical (unpaired) electrons. The number of amides is 1. The van der Waals surface area contributed by atoms with Gasteiger partial charge >= 0.3 is 6.09 Å². The topological polar surface area (TPSA) is 48.0 Å². The van der Waals surface area contributed by atoms with E-state index in [0.29, 0.717) is 32.1 Å². The second kappa shape index (κ2) is 12.9. The minimum absolute atomic E-state index is 0.354. The molecule has 1 aliphatic heterocycles. The third-order valence-corrected chi connectivity index (χ3v) is 7.04. The van der Waals surface area contributed by atoms with E-state index in [1.165, 1.54) is 0 Å². The highest BCUT2D eigenvalue weighted by Gasteiger charge is 2.30. The molecule has 5 nitrogen and oxygen atoms in total. The van der Waals surface area contributed by atoms with Gasteiger partial charge in [-0.15, -0.1) is 0 Å². The van der Waals surface area contributed by atoms with E-state index < -0.39 is 0 Å². The lowest BCUT2D eigenvalue weighted by atomic mass is 9.96. The Hall–Kier alpha value is -5.29. The molecule has 0 unspecified atom stereocenters. The van der Waals surface area contributed by atoms with Gasteiger partial charge in [0.25, 0.3) is 0 Å². The number of ether oxygens (including phenoxy) is 3. The standard InChI is InChI=1S/C37H31NO4/c39-37-38(24-28-12-4-1-5-13-28)25-35(42-37)36(31-18-10-20-33(22-31)40-26-29-14-6-2-7-15-29)32-19-11-21-34(23-32)41-27-30-16-8-3-9-17-30/h1-23H,24-27H2. The van der Waals surface area contributed by atoms with Gasteiger partial charge < -0.3 is 14.2 Å². The molecule has 0 bridgehead atoms. The lowest BCUT2D eigenvalue weighted by Gasteiger charge is -2.15. The number of rotatable bonds is 10. The summed E-state index contributed by atoms with van der Waals surface area (Å²) in [5.74, 6) is 2.06. The molecule has 6 rings (SSSR count). The number of cyclic esters (lactones) is 1. The van der Waals surface area contributed by atoms with Crippen molar-refractivity contribution in [3.05, 3.63) is 173 Å². The van der Waals surface area contributed by atoms with Crippen LogP contribution >= 0.6 is 0 Å². The zero-order valence-corrected chi connectivity index (χ0v) is 23.2. The van der Waals surface area contributed by atoms with Crippen LogP contribution in [0.3, 0.4) is 0 Å². The first-order valence-corrected chi connectivity index (χ1v) is 14.0. The van der Waals surface area contributed by atoms with Crippen molar-refractivity contribution in [2.45, 2.75) is 19.8 Å². The Morgan fingerprint density at radius 2 is 1.07 bits per heavy atom. The Labute approximate surface area is 246 Å². The molecule has 1 heterocycles. The third kappa shape index (κ3) is 6.70. The lowest BCUT2D eigenvalue weighted by Crippen LogP contribution is -2.23. The summed E-state index contributed by atoms with van der Waals surface area (Å²) in [6.45, 7) is 1.74. The molecule has 0 N–H and O–H groups in total. The number of hydrogen-bond acceptors (Lipinski definition) is 4. The number of carbonyl (C=O) groups is 1. The molecule has 5 heteroatoms. The van der Waals surface area contributed by atoms with Gasteiger partial charge in [0.1, 0.15) is 30.5 Å². The van der Waals surface area contributed by atoms with Crippen molar-refractivity contribution in [1.29, 1.82) is 0 Å². The number of carbonyl (C=O) groups excluding carboxylic acids is 1. The second-order valence-corrected chi connectivity index (χ2v) is 10.1. The van der Waals surface area contributed by atoms with Gasteiger partial charge in [-0.3, -0.25) is 4.90 Å². The molecule has 0 atom stereocenters. The molecule has 0 aromatic heterocycles. The van der Waals surface area contributed by atoms with Crippen molar-refractivity contribution in [2.75, 3.05) is 6.54 Å². The van der Waals surface area contributed by atoms with E-state index in [1.807, 2.05) is 140 Å². The minimum Gasteiger partial charge on any atom is -0.489 e. The van der Waals surface area contributed by atoms with E-state index in [0.717, 1.165) is 44.9 Å². The molecule has 208 valence electrons. The van der Waals surface area contributed by atoms with Crippen LogP contribution in [0.4, 0.5) is 4.79 Å². The van der Waals surface area contributed by atoms with Crippen molar-refractivity contribution in [3.8, 4) is 11.5 Å². The first kappa shape index (κ1) is 26.9. The summed E-state index contributed by atoms with van der Waals surface area (Å²) in [6, 6.07) is 45.9. The van der Waals surface area contributed by atoms with Crippen LogP contribution in [-0.2, 0) is 24.5 Å². The maximum Gasteiger partial charge on any atom is 0.415 e. The van der Waals surface area contributed by atoms with Gasteiger partial charge in [0.05, 0.1) is 6.54 Å². The first-order chi connectivity index (χ1) is 20.7. The summed E-state index contributed by atoms with van der Waals surface area (Å²) in [4.78, 5) is 14.7. The van der Waals surface area contributed by atoms with Crippen LogP contribution in [-0.4, -0.2) is 17.5 Å². The number of benzene rings is 5. The summed E-state index contributed by atoms with van der Waals surface area (Å²) >= 11 is 0. The normalized spacial score (nSPS) is 12.6. The van der Waals surface area contributed by atoms with Crippen LogP contribution in [0.25, 0.3) is 5.57 Å². The van der Waals surface area contributed by atoms with Gasteiger partial charge in [-0.1, -0.05) is 115 Å². The number of hydrogen-bond donors (Lipinski definition) is 0. The number of nitrogens with zero attached hydrogens (tertiary/aromatic N) is 1. The maximum absolute atomic E-state index is 13.0. The summed E-state index contributed by atoms with van der Waals surface area (Å²) in [5.41, 5.74) is 5.84. The van der Waals surface area contributed by atoms with Crippen molar-refractivity contribution in [2.24, 2.45) is 0 Å². The zero-order valence-electron chi connectivity index (χ0n) is 23.2. The van der Waals surface area contributed by atoms with E-state index in [4.69, 9.17) is 14.2 Å². The monoisotopic (exact) mass is 553 g/mol. The Bertz CT molecular complexity index is 1580. The van der Waals surface area contributed by atoms with Crippen molar-refractivity contribution < 1.29 is 19.0 Å². The van der Waals surface area contributed by atoms with Gasteiger partial charge in [0, 0.05) is 12.1 Å². The van der Waals surface area contributed by atoms with Crippen LogP contribution < -0.4 is 9.47 Å². The lowest BCUT2D eigenvalue weighted by molar-refractivity contribution is 0.167. The second-order valence-electron chi connectivity index (χ2n) is 10.1. The van der Waals surface area contributed by atoms with E-state index in [2.05, 4.69) is 0 Å². The van der Waals surface area contributed by atoms with E-state index in [-0.39, 0.29) is 6.09 Å². The van der Waals surface area contributed by atoms with Crippen molar-refractivity contribution >= 4 is 11.7 Å². The fourth-order valence-corrected chi connectivity index (χ4v) is 4.95. The SMILES string of the molecule is O=C1OC(=C(c2cccc(OCc3ccccc3)c2)c2cccc(OCc3ccccc3)c2)CN1Cc1ccccc1. The Kier molecular flexibility index (Phi) is 8.28. The predicted molar refractivity (Wildman–Crippen MR) is 164 cm³/mol. The van der Waals surface area contributed by atoms with Gasteiger partial charge in [-0.05, 0) is 52.1 Å². The van der Waals surface area contributed by atoms with E-state index >= 15 is 0 Å². The maximum atomic E-state index is 13.0. The Morgan fingerprint density at radius 1 is 0.595 bits per heavy atom. The summed E-state index contributed by atoms with van der Waals surface area (Å²) in [6.07, 6.45) is -0.362. The smallest absolute Gasteiger partial charge is 0.415 e. The summed E-state index contributed by atoms with van der Waals surface area (Å²) in [7, 11) is 0. The van der Waals surface area contributed by atoms with E-state index in [9.17, 15) is 4.79 Å². The largest absolute Gasteiger partial charge is 0.489 e. The molecule has 0 aliphatic carbocycles. The average molecular weight is 554 g/mol. The molecule has 0 saturated carbocycles. The van der Waals surface area contributed by atoms with Crippen LogP contribution in [0, 0.1) is 0 Å². The van der Waals surface area contributed by atoms with E-state index in [1.54, 1.807) is 4.90 Å². The van der Waals surface area contributed by atoms with Gasteiger partial charge in [-0.25, -0.2) is 4.79 Å². The highest BCUT2D eigenvalue weighted by Crippen LogP contribution is 2.35. The molecule has 1 saturated heterocycles. The zero-order chi connectivity index (χ0) is 28.6. The summed E-state index contributed by atoms with van der Waals surface area (Å²) < 4.78 is 18.2. The van der Waals surface area contributed by atoms with Crippen LogP contribution in [0.2, 0.25) is 0 Å². The van der Waals surface area contributed by atoms with Gasteiger partial charge in [0.2, 0.25) is 0 Å². The quantitative estimate of drug-likeness (QED) is 0.175. The molecule has 1 aliphatic rings. The van der Waals surface area contributed by atoms with Gasteiger partial charge in [0.15, 0.2) is 0 Å². The molecule has 1 amide bonds. The molecule has 42 heavy (non-hydrogen) atoms. The molecule has 0 spiro atoms. The van der Waals surface area contributed by atoms with Crippen LogP contribution in [0.1, 0.15) is 27.8 Å². The fraction of sp³-hybridized carbons (Fsp3) is 0.108. The molecular formula is C37H31NO4. The summed E-state index contributed by atoms with van der Waals surface area (Å²) in [5, 5.41) is 0. The molecule has 5 aromatic rings. The highest BCUT2D eigenvalue weighted by molar-refractivity contribution is 5.86. The molecule has 1 fully saturated rings. The fourth-order valence-electron chi connectivity index (χ4n) is 4.95.